The molecule has 3 aromatic carbocycles. The molecule has 0 N–H and O–H groups in total. The Morgan fingerprint density at radius 1 is 0.292 bits per heavy atom. The molecule has 0 aliphatic carbocycles. The van der Waals surface area contributed by atoms with Gasteiger partial charge in [0.05, 0.1) is 119 Å². The normalized spacial score (nSPS) is 27.3. The first-order valence-corrected chi connectivity index (χ1v) is 23.2. The first kappa shape index (κ1) is 44.1. The zero-order chi connectivity index (χ0) is 43.4. The van der Waals surface area contributed by atoms with Crippen molar-refractivity contribution in [1.82, 2.24) is 0 Å². The van der Waals surface area contributed by atoms with Gasteiger partial charge in [-0.05, 0) is 75.3 Å². The van der Waals surface area contributed by atoms with Crippen LogP contribution in [0.1, 0.15) is 50.1 Å². The predicted molar refractivity (Wildman–Crippen MR) is 228 cm³/mol. The van der Waals surface area contributed by atoms with Crippen molar-refractivity contribution in [3.8, 4) is 17.2 Å². The quantitative estimate of drug-likeness (QED) is 0.0808. The number of benzene rings is 3. The van der Waals surface area contributed by atoms with Crippen LogP contribution < -0.4 is 14.2 Å². The standard InChI is InChI=1S/C49H60O16/c1-30(9-50-14-39-19-55-39)2-34(8-36-4-32(11-52-16-41-21-57-41)6-38(13-54-18-43-23-59-43)49(36)65-29-46-26-62-46)47(63-27-44-24-60-44)33(1)7-35-3-31(10-51-15-40-20-56-40)5-37(12-53-17-42-22-58-42)48(35)64-28-45-25-61-45/h1-6,39-46H,7-29H2. The lowest BCUT2D eigenvalue weighted by molar-refractivity contribution is 0.0986. The average Bonchev–Trinajstić information content (AvgIpc) is 4.08. The van der Waals surface area contributed by atoms with Crippen molar-refractivity contribution < 1.29 is 75.8 Å². The van der Waals surface area contributed by atoms with Crippen molar-refractivity contribution in [1.29, 1.82) is 0 Å². The van der Waals surface area contributed by atoms with E-state index in [1.807, 2.05) is 0 Å². The van der Waals surface area contributed by atoms with Gasteiger partial charge >= 0.3 is 0 Å². The van der Waals surface area contributed by atoms with E-state index < -0.39 is 0 Å². The Bertz CT molecular complexity index is 1940. The van der Waals surface area contributed by atoms with Crippen molar-refractivity contribution in [2.75, 3.05) is 106 Å². The van der Waals surface area contributed by atoms with Gasteiger partial charge in [0.2, 0.25) is 0 Å². The van der Waals surface area contributed by atoms with Gasteiger partial charge in [0, 0.05) is 24.0 Å². The molecule has 352 valence electrons. The van der Waals surface area contributed by atoms with Crippen LogP contribution in [0.2, 0.25) is 0 Å². The lowest BCUT2D eigenvalue weighted by Gasteiger charge is -2.23. The number of epoxide rings is 8. The fourth-order valence-corrected chi connectivity index (χ4v) is 7.80. The fraction of sp³-hybridized carbons (Fsp3) is 0.633. The van der Waals surface area contributed by atoms with Crippen LogP contribution in [-0.4, -0.2) is 155 Å². The first-order valence-electron chi connectivity index (χ1n) is 23.2. The van der Waals surface area contributed by atoms with Crippen LogP contribution in [0, 0.1) is 0 Å². The largest absolute Gasteiger partial charge is 0.490 e. The molecule has 8 saturated heterocycles. The minimum Gasteiger partial charge on any atom is -0.490 e. The zero-order valence-electron chi connectivity index (χ0n) is 36.9. The number of hydrogen-bond acceptors (Lipinski definition) is 16. The Labute approximate surface area is 379 Å². The Morgan fingerprint density at radius 2 is 0.508 bits per heavy atom. The van der Waals surface area contributed by atoms with Crippen LogP contribution >= 0.6 is 0 Å². The van der Waals surface area contributed by atoms with E-state index in [-0.39, 0.29) is 48.8 Å². The third kappa shape index (κ3) is 14.0. The zero-order valence-corrected chi connectivity index (χ0v) is 36.9. The molecule has 0 radical (unpaired) electrons. The monoisotopic (exact) mass is 904 g/mol. The van der Waals surface area contributed by atoms with Gasteiger partial charge in [-0.15, -0.1) is 0 Å². The molecule has 0 bridgehead atoms. The van der Waals surface area contributed by atoms with Crippen LogP contribution in [0.4, 0.5) is 0 Å². The van der Waals surface area contributed by atoms with Crippen LogP contribution in [-0.2, 0) is 107 Å². The SMILES string of the molecule is c1c(COCC2CO2)cc(Cc2cc(COCC3CO3)cc(Cc3cc(COCC4CO4)cc(COCC4CO4)c3OCC3CO3)c2OCC2CO2)c(OCC2CO2)c1COCC1CO1. The summed E-state index contributed by atoms with van der Waals surface area (Å²) >= 11 is 0. The Morgan fingerprint density at radius 3 is 0.769 bits per heavy atom. The molecular formula is C49H60O16. The van der Waals surface area contributed by atoms with E-state index in [0.29, 0.717) is 119 Å². The summed E-state index contributed by atoms with van der Waals surface area (Å²) in [6, 6.07) is 13.0. The topological polar surface area (TPSA) is 174 Å². The molecule has 8 heterocycles. The lowest BCUT2D eigenvalue weighted by Crippen LogP contribution is -2.14. The second-order valence-electron chi connectivity index (χ2n) is 18.2. The molecule has 16 heteroatoms. The molecule has 0 amide bonds. The maximum atomic E-state index is 6.89. The predicted octanol–water partition coefficient (Wildman–Crippen LogP) is 3.78. The van der Waals surface area contributed by atoms with E-state index in [1.165, 1.54) is 0 Å². The summed E-state index contributed by atoms with van der Waals surface area (Å²) in [7, 11) is 0. The Kier molecular flexibility index (Phi) is 14.1. The van der Waals surface area contributed by atoms with Crippen LogP contribution in [0.15, 0.2) is 36.4 Å². The molecule has 0 aromatic heterocycles. The van der Waals surface area contributed by atoms with Gasteiger partial charge in [-0.2, -0.15) is 0 Å². The molecule has 3 aromatic rings. The van der Waals surface area contributed by atoms with E-state index in [4.69, 9.17) is 75.8 Å². The molecule has 8 unspecified atom stereocenters. The highest BCUT2D eigenvalue weighted by Crippen LogP contribution is 2.39. The van der Waals surface area contributed by atoms with Crippen molar-refractivity contribution in [3.05, 3.63) is 86.5 Å². The fourth-order valence-electron chi connectivity index (χ4n) is 7.80. The summed E-state index contributed by atoms with van der Waals surface area (Å²) in [5, 5.41) is 0. The van der Waals surface area contributed by atoms with Crippen molar-refractivity contribution in [2.45, 2.75) is 94.7 Å². The molecule has 8 fully saturated rings. The third-order valence-corrected chi connectivity index (χ3v) is 12.0. The second kappa shape index (κ2) is 20.8. The van der Waals surface area contributed by atoms with Crippen molar-refractivity contribution in [3.63, 3.8) is 0 Å². The minimum absolute atomic E-state index is 0.0253. The highest BCUT2D eigenvalue weighted by Gasteiger charge is 2.31. The van der Waals surface area contributed by atoms with E-state index in [2.05, 4.69) is 36.4 Å². The molecular weight excluding hydrogens is 845 g/mol. The van der Waals surface area contributed by atoms with Crippen LogP contribution in [0.3, 0.4) is 0 Å². The summed E-state index contributed by atoms with van der Waals surface area (Å²) in [5.41, 5.74) is 8.91. The Hall–Kier alpha value is -3.46. The smallest absolute Gasteiger partial charge is 0.128 e. The van der Waals surface area contributed by atoms with Gasteiger partial charge in [-0.1, -0.05) is 0 Å². The molecule has 8 aliphatic rings. The summed E-state index contributed by atoms with van der Waals surface area (Å²) in [4.78, 5) is 0. The van der Waals surface area contributed by atoms with Gasteiger partial charge in [-0.25, -0.2) is 0 Å². The van der Waals surface area contributed by atoms with Gasteiger partial charge in [0.1, 0.15) is 85.9 Å². The molecule has 8 aliphatic heterocycles. The van der Waals surface area contributed by atoms with E-state index >= 15 is 0 Å². The Balaban J connectivity index is 0.963. The summed E-state index contributed by atoms with van der Waals surface area (Å²) in [6.07, 6.45) is 1.83. The highest BCUT2D eigenvalue weighted by molar-refractivity contribution is 5.55. The van der Waals surface area contributed by atoms with E-state index in [9.17, 15) is 0 Å². The van der Waals surface area contributed by atoms with Crippen LogP contribution in [0.5, 0.6) is 17.2 Å². The summed E-state index contributed by atoms with van der Waals surface area (Å²) in [6.45, 7) is 11.5. The van der Waals surface area contributed by atoms with Crippen LogP contribution in [0.25, 0.3) is 0 Å². The maximum Gasteiger partial charge on any atom is 0.128 e. The van der Waals surface area contributed by atoms with E-state index in [0.717, 1.165) is 100 Å². The van der Waals surface area contributed by atoms with Crippen molar-refractivity contribution >= 4 is 0 Å². The highest BCUT2D eigenvalue weighted by atomic mass is 16.6. The average molecular weight is 905 g/mol. The summed E-state index contributed by atoms with van der Waals surface area (Å²) < 4.78 is 95.5. The van der Waals surface area contributed by atoms with Crippen molar-refractivity contribution in [2.24, 2.45) is 0 Å². The molecule has 8 atom stereocenters. The van der Waals surface area contributed by atoms with Gasteiger partial charge in [0.15, 0.2) is 0 Å². The number of ether oxygens (including phenoxy) is 16. The molecule has 16 nitrogen and oxygen atoms in total. The second-order valence-corrected chi connectivity index (χ2v) is 18.2. The number of rotatable bonds is 33. The molecule has 65 heavy (non-hydrogen) atoms. The van der Waals surface area contributed by atoms with E-state index in [1.54, 1.807) is 0 Å². The maximum absolute atomic E-state index is 6.89. The molecule has 11 rings (SSSR count). The van der Waals surface area contributed by atoms with Gasteiger partial charge < -0.3 is 75.8 Å². The summed E-state index contributed by atoms with van der Waals surface area (Å²) in [5.74, 6) is 2.34. The first-order chi connectivity index (χ1) is 32.1. The lowest BCUT2D eigenvalue weighted by atomic mass is 9.92. The third-order valence-electron chi connectivity index (χ3n) is 12.0. The van der Waals surface area contributed by atoms with Gasteiger partial charge in [0.25, 0.3) is 0 Å². The molecule has 0 saturated carbocycles. The minimum atomic E-state index is 0.0253. The number of hydrogen-bond donors (Lipinski definition) is 0. The molecule has 0 spiro atoms. The van der Waals surface area contributed by atoms with Gasteiger partial charge in [-0.3, -0.25) is 0 Å².